The number of benzene rings is 2. The molecule has 3 N–H and O–H groups in total. The molecule has 0 heterocycles. The van der Waals surface area contributed by atoms with Crippen LogP contribution in [0.5, 0.6) is 0 Å². The summed E-state index contributed by atoms with van der Waals surface area (Å²) in [6.45, 7) is -0.235. The zero-order chi connectivity index (χ0) is 17.7. The molecule has 0 fully saturated rings. The van der Waals surface area contributed by atoms with Gasteiger partial charge in [-0.2, -0.15) is 0 Å². The highest BCUT2D eigenvalue weighted by Gasteiger charge is 2.17. The molecular weight excluding hydrogens is 354 g/mol. The van der Waals surface area contributed by atoms with Crippen molar-refractivity contribution in [3.8, 4) is 0 Å². The highest BCUT2D eigenvalue weighted by Crippen LogP contribution is 2.17. The highest BCUT2D eigenvalue weighted by molar-refractivity contribution is 7.89. The van der Waals surface area contributed by atoms with Crippen molar-refractivity contribution in [2.24, 2.45) is 0 Å². The first-order chi connectivity index (χ1) is 11.3. The number of carbonyl (C=O) groups is 1. The lowest BCUT2D eigenvalue weighted by Crippen LogP contribution is -2.28. The van der Waals surface area contributed by atoms with Crippen LogP contribution >= 0.6 is 11.6 Å². The third kappa shape index (κ3) is 5.04. The number of hydrogen-bond donors (Lipinski definition) is 3. The van der Waals surface area contributed by atoms with Gasteiger partial charge in [0.15, 0.2) is 0 Å². The van der Waals surface area contributed by atoms with Crippen molar-refractivity contribution in [3.05, 3.63) is 64.7 Å². The molecule has 0 aliphatic carbocycles. The Labute approximate surface area is 144 Å². The molecule has 0 bridgehead atoms. The molecule has 8 heteroatoms. The van der Waals surface area contributed by atoms with Crippen LogP contribution in [0.1, 0.15) is 17.2 Å². The van der Waals surface area contributed by atoms with Crippen LogP contribution < -0.4 is 4.72 Å². The Kier molecular flexibility index (Phi) is 5.95. The summed E-state index contributed by atoms with van der Waals surface area (Å²) in [6, 6.07) is 12.0. The van der Waals surface area contributed by atoms with Gasteiger partial charge in [-0.1, -0.05) is 35.9 Å². The van der Waals surface area contributed by atoms with Crippen molar-refractivity contribution in [1.29, 1.82) is 0 Å². The third-order valence-corrected chi connectivity index (χ3v) is 4.97. The van der Waals surface area contributed by atoms with Crippen molar-refractivity contribution >= 4 is 27.6 Å². The second-order valence-corrected chi connectivity index (χ2v) is 7.34. The van der Waals surface area contributed by atoms with Gasteiger partial charge in [0.1, 0.15) is 0 Å². The molecule has 2 rings (SSSR count). The van der Waals surface area contributed by atoms with Crippen LogP contribution in [0.4, 0.5) is 0 Å². The monoisotopic (exact) mass is 369 g/mol. The minimum atomic E-state index is -3.77. The van der Waals surface area contributed by atoms with Gasteiger partial charge in [0.05, 0.1) is 17.4 Å². The summed E-state index contributed by atoms with van der Waals surface area (Å²) in [7, 11) is -3.77. The summed E-state index contributed by atoms with van der Waals surface area (Å²) in [6.07, 6.45) is -1.27. The smallest absolute Gasteiger partial charge is 0.307 e. The number of nitrogens with one attached hydrogen (secondary N) is 1. The summed E-state index contributed by atoms with van der Waals surface area (Å²) < 4.78 is 26.6. The van der Waals surface area contributed by atoms with E-state index in [-0.39, 0.29) is 17.9 Å². The number of carboxylic acid groups (broad SMARTS) is 1. The molecule has 24 heavy (non-hydrogen) atoms. The van der Waals surface area contributed by atoms with Gasteiger partial charge < -0.3 is 10.2 Å². The number of aliphatic carboxylic acids is 1. The van der Waals surface area contributed by atoms with Crippen LogP contribution in [0.3, 0.4) is 0 Å². The third-order valence-electron chi connectivity index (χ3n) is 3.28. The number of carboxylic acids is 1. The number of hydrogen-bond acceptors (Lipinski definition) is 4. The molecule has 1 atom stereocenters. The Morgan fingerprint density at radius 2 is 1.83 bits per heavy atom. The number of halogens is 1. The van der Waals surface area contributed by atoms with Crippen LogP contribution in [0.25, 0.3) is 0 Å². The maximum absolute atomic E-state index is 12.1. The molecule has 0 amide bonds. The largest absolute Gasteiger partial charge is 0.481 e. The van der Waals surface area contributed by atoms with Gasteiger partial charge in [0, 0.05) is 11.6 Å². The van der Waals surface area contributed by atoms with Gasteiger partial charge in [-0.3, -0.25) is 4.79 Å². The van der Waals surface area contributed by atoms with E-state index in [4.69, 9.17) is 16.7 Å². The van der Waals surface area contributed by atoms with Crippen LogP contribution in [0.2, 0.25) is 5.02 Å². The van der Waals surface area contributed by atoms with Crippen molar-refractivity contribution in [2.75, 3.05) is 6.54 Å². The quantitative estimate of drug-likeness (QED) is 0.692. The Morgan fingerprint density at radius 3 is 2.46 bits per heavy atom. The fourth-order valence-corrected chi connectivity index (χ4v) is 3.25. The molecule has 2 aromatic rings. The molecular formula is C16H16ClNO5S. The number of aliphatic hydroxyl groups excluding tert-OH is 1. The predicted molar refractivity (Wildman–Crippen MR) is 89.4 cm³/mol. The van der Waals surface area contributed by atoms with E-state index < -0.39 is 22.1 Å². The summed E-state index contributed by atoms with van der Waals surface area (Å²) in [5.74, 6) is -0.981. The van der Waals surface area contributed by atoms with E-state index in [1.54, 1.807) is 18.2 Å². The number of sulfonamides is 1. The van der Waals surface area contributed by atoms with E-state index in [2.05, 4.69) is 4.72 Å². The average molecular weight is 370 g/mol. The van der Waals surface area contributed by atoms with Crippen LogP contribution in [-0.2, 0) is 21.2 Å². The highest BCUT2D eigenvalue weighted by atomic mass is 35.5. The Hall–Kier alpha value is -1.93. The maximum atomic E-state index is 12.1. The van der Waals surface area contributed by atoms with E-state index in [0.29, 0.717) is 16.1 Å². The van der Waals surface area contributed by atoms with Crippen LogP contribution in [0, 0.1) is 0 Å². The van der Waals surface area contributed by atoms with E-state index in [9.17, 15) is 18.3 Å². The zero-order valence-corrected chi connectivity index (χ0v) is 14.1. The van der Waals surface area contributed by atoms with Crippen molar-refractivity contribution in [1.82, 2.24) is 4.72 Å². The maximum Gasteiger partial charge on any atom is 0.307 e. The first kappa shape index (κ1) is 18.4. The second kappa shape index (κ2) is 7.76. The average Bonchev–Trinajstić information content (AvgIpc) is 2.53. The molecule has 0 spiro atoms. The molecule has 0 saturated heterocycles. The van der Waals surface area contributed by atoms with E-state index in [1.807, 2.05) is 0 Å². The molecule has 0 aliphatic rings. The molecule has 0 saturated carbocycles. The van der Waals surface area contributed by atoms with Gasteiger partial charge in [0.25, 0.3) is 0 Å². The fourth-order valence-electron chi connectivity index (χ4n) is 2.09. The molecule has 128 valence electrons. The van der Waals surface area contributed by atoms with E-state index in [1.165, 1.54) is 30.3 Å². The minimum Gasteiger partial charge on any atom is -0.481 e. The topological polar surface area (TPSA) is 104 Å². The second-order valence-electron chi connectivity index (χ2n) is 5.14. The van der Waals surface area contributed by atoms with Crippen LogP contribution in [-0.4, -0.2) is 31.1 Å². The fraction of sp³-hybridized carbons (Fsp3) is 0.188. The van der Waals surface area contributed by atoms with Crippen molar-refractivity contribution < 1.29 is 23.4 Å². The summed E-state index contributed by atoms with van der Waals surface area (Å²) in [5, 5.41) is 19.3. The lowest BCUT2D eigenvalue weighted by Gasteiger charge is -2.13. The van der Waals surface area contributed by atoms with E-state index in [0.717, 1.165) is 0 Å². The van der Waals surface area contributed by atoms with Crippen molar-refractivity contribution in [2.45, 2.75) is 17.4 Å². The SMILES string of the molecule is O=C(O)Cc1cccc(C(O)CNS(=O)(=O)c2ccc(Cl)cc2)c1. The number of rotatable bonds is 7. The molecule has 0 radical (unpaired) electrons. The first-order valence-electron chi connectivity index (χ1n) is 7.02. The molecule has 6 nitrogen and oxygen atoms in total. The van der Waals surface area contributed by atoms with Crippen LogP contribution in [0.15, 0.2) is 53.4 Å². The Bertz CT molecular complexity index is 821. The number of aliphatic hydroxyl groups is 1. The molecule has 0 aromatic heterocycles. The van der Waals surface area contributed by atoms with E-state index >= 15 is 0 Å². The Morgan fingerprint density at radius 1 is 1.17 bits per heavy atom. The zero-order valence-electron chi connectivity index (χ0n) is 12.5. The van der Waals surface area contributed by atoms with Gasteiger partial charge >= 0.3 is 5.97 Å². The molecule has 0 aliphatic heterocycles. The lowest BCUT2D eigenvalue weighted by atomic mass is 10.0. The summed E-state index contributed by atoms with van der Waals surface area (Å²) in [5.41, 5.74) is 0.965. The van der Waals surface area contributed by atoms with Gasteiger partial charge in [-0.05, 0) is 35.4 Å². The van der Waals surface area contributed by atoms with Crippen molar-refractivity contribution in [3.63, 3.8) is 0 Å². The summed E-state index contributed by atoms with van der Waals surface area (Å²) >= 11 is 5.72. The normalized spacial score (nSPS) is 12.8. The molecule has 1 unspecified atom stereocenters. The minimum absolute atomic E-state index is 0.0405. The predicted octanol–water partition coefficient (Wildman–Crippen LogP) is 1.98. The standard InChI is InChI=1S/C16H16ClNO5S/c17-13-4-6-14(7-5-13)24(22,23)18-10-15(19)12-3-1-2-11(8-12)9-16(20)21/h1-8,15,18-19H,9-10H2,(H,20,21). The first-order valence-corrected chi connectivity index (χ1v) is 8.88. The summed E-state index contributed by atoms with van der Waals surface area (Å²) in [4.78, 5) is 10.8. The van der Waals surface area contributed by atoms with Gasteiger partial charge in [-0.25, -0.2) is 13.1 Å². The Balaban J connectivity index is 2.05. The lowest BCUT2D eigenvalue weighted by molar-refractivity contribution is -0.136. The van der Waals surface area contributed by atoms with Gasteiger partial charge in [-0.15, -0.1) is 0 Å². The van der Waals surface area contributed by atoms with Gasteiger partial charge in [0.2, 0.25) is 10.0 Å². The molecule has 2 aromatic carbocycles.